The van der Waals surface area contributed by atoms with Crippen molar-refractivity contribution in [1.29, 1.82) is 0 Å². The van der Waals surface area contributed by atoms with E-state index >= 15 is 0 Å². The highest BCUT2D eigenvalue weighted by atomic mass is 32.1. The van der Waals surface area contributed by atoms with Gasteiger partial charge in [0.05, 0.1) is 11.4 Å². The third-order valence-electron chi connectivity index (χ3n) is 2.66. The van der Waals surface area contributed by atoms with Crippen molar-refractivity contribution in [2.24, 2.45) is 5.73 Å². The summed E-state index contributed by atoms with van der Waals surface area (Å²) in [6.07, 6.45) is 1.79. The van der Waals surface area contributed by atoms with Crippen LogP contribution in [0.25, 0.3) is 10.7 Å². The summed E-state index contributed by atoms with van der Waals surface area (Å²) in [5.41, 5.74) is 8.06. The van der Waals surface area contributed by atoms with Crippen LogP contribution in [0.1, 0.15) is 44.3 Å². The van der Waals surface area contributed by atoms with E-state index in [9.17, 15) is 0 Å². The van der Waals surface area contributed by atoms with E-state index in [2.05, 4.69) is 25.8 Å². The molecule has 0 aliphatic carbocycles. The lowest BCUT2D eigenvalue weighted by Crippen LogP contribution is -2.17. The highest BCUT2D eigenvalue weighted by Gasteiger charge is 2.25. The van der Waals surface area contributed by atoms with E-state index in [0.29, 0.717) is 0 Å². The largest absolute Gasteiger partial charge is 0.323 e. The lowest BCUT2D eigenvalue weighted by molar-refractivity contribution is 0.561. The first-order valence-electron chi connectivity index (χ1n) is 6.08. The number of hydrogen-bond acceptors (Lipinski definition) is 4. The maximum atomic E-state index is 6.05. The molecule has 2 N–H and O–H groups in total. The van der Waals surface area contributed by atoms with Crippen molar-refractivity contribution in [3.8, 4) is 10.7 Å². The zero-order chi connectivity index (χ0) is 13.3. The van der Waals surface area contributed by atoms with Crippen LogP contribution < -0.4 is 5.73 Å². The van der Waals surface area contributed by atoms with Gasteiger partial charge in [0.25, 0.3) is 0 Å². The smallest absolute Gasteiger partial charge is 0.142 e. The summed E-state index contributed by atoms with van der Waals surface area (Å²) in [6, 6.07) is 5.88. The minimum Gasteiger partial charge on any atom is -0.323 e. The number of hydrogen-bond donors (Lipinski definition) is 1. The maximum absolute atomic E-state index is 6.05. The van der Waals surface area contributed by atoms with Crippen molar-refractivity contribution in [3.63, 3.8) is 0 Å². The Bertz CT molecular complexity index is 524. The summed E-state index contributed by atoms with van der Waals surface area (Å²) in [6.45, 7) is 8.49. The van der Waals surface area contributed by atoms with E-state index in [1.54, 1.807) is 17.5 Å². The molecule has 0 aromatic carbocycles. The number of nitrogens with zero attached hydrogens (tertiary/aromatic N) is 2. The Kier molecular flexibility index (Phi) is 3.50. The van der Waals surface area contributed by atoms with Gasteiger partial charge in [-0.05, 0) is 19.1 Å². The van der Waals surface area contributed by atoms with Gasteiger partial charge in [-0.25, -0.2) is 4.98 Å². The van der Waals surface area contributed by atoms with E-state index in [-0.39, 0.29) is 11.5 Å². The third-order valence-corrected chi connectivity index (χ3v) is 3.94. The topological polar surface area (TPSA) is 51.8 Å². The first kappa shape index (κ1) is 13.2. The summed E-state index contributed by atoms with van der Waals surface area (Å²) in [4.78, 5) is 10.3. The van der Waals surface area contributed by atoms with Gasteiger partial charge >= 0.3 is 0 Å². The Balaban J connectivity index is 2.53. The Morgan fingerprint density at radius 3 is 2.44 bits per heavy atom. The fourth-order valence-corrected chi connectivity index (χ4v) is 2.98. The highest BCUT2D eigenvalue weighted by molar-refractivity contribution is 7.15. The number of aromatic nitrogens is 2. The molecule has 96 valence electrons. The molecule has 2 aromatic rings. The molecule has 0 saturated carbocycles. The van der Waals surface area contributed by atoms with Crippen LogP contribution >= 0.6 is 11.3 Å². The lowest BCUT2D eigenvalue weighted by atomic mass is 9.90. The van der Waals surface area contributed by atoms with Gasteiger partial charge in [0.2, 0.25) is 0 Å². The Labute approximate surface area is 112 Å². The fourth-order valence-electron chi connectivity index (χ4n) is 1.78. The van der Waals surface area contributed by atoms with Gasteiger partial charge < -0.3 is 5.73 Å². The minimum absolute atomic E-state index is 0.00644. The summed E-state index contributed by atoms with van der Waals surface area (Å²) in [7, 11) is 0. The van der Waals surface area contributed by atoms with Crippen LogP contribution in [0.15, 0.2) is 24.4 Å². The SMILES string of the molecule is CC(N)c1sc(-c2ccccn2)nc1C(C)(C)C. The van der Waals surface area contributed by atoms with Crippen LogP contribution in [-0.2, 0) is 5.41 Å². The first-order chi connectivity index (χ1) is 8.39. The molecule has 2 rings (SSSR count). The zero-order valence-electron chi connectivity index (χ0n) is 11.3. The quantitative estimate of drug-likeness (QED) is 0.899. The molecule has 0 aliphatic heterocycles. The van der Waals surface area contributed by atoms with Crippen LogP contribution in [0.5, 0.6) is 0 Å². The van der Waals surface area contributed by atoms with Gasteiger partial charge in [0.1, 0.15) is 5.01 Å². The monoisotopic (exact) mass is 261 g/mol. The molecule has 3 nitrogen and oxygen atoms in total. The fraction of sp³-hybridized carbons (Fsp3) is 0.429. The molecule has 0 spiro atoms. The van der Waals surface area contributed by atoms with Crippen LogP contribution in [0.3, 0.4) is 0 Å². The molecule has 0 radical (unpaired) electrons. The molecule has 0 fully saturated rings. The molecule has 18 heavy (non-hydrogen) atoms. The third kappa shape index (κ3) is 2.60. The number of thiazole rings is 1. The summed E-state index contributed by atoms with van der Waals surface area (Å²) in [5.74, 6) is 0. The molecule has 0 saturated heterocycles. The highest BCUT2D eigenvalue weighted by Crippen LogP contribution is 2.36. The predicted octanol–water partition coefficient (Wildman–Crippen LogP) is 3.52. The first-order valence-corrected chi connectivity index (χ1v) is 6.89. The van der Waals surface area contributed by atoms with Crippen LogP contribution in [-0.4, -0.2) is 9.97 Å². The van der Waals surface area contributed by atoms with Gasteiger partial charge in [-0.15, -0.1) is 11.3 Å². The van der Waals surface area contributed by atoms with Crippen molar-refractivity contribution in [2.75, 3.05) is 0 Å². The van der Waals surface area contributed by atoms with Gasteiger partial charge in [-0.1, -0.05) is 26.8 Å². The minimum atomic E-state index is 0.00644. The average molecular weight is 261 g/mol. The van der Waals surface area contributed by atoms with Gasteiger partial charge in [-0.3, -0.25) is 4.98 Å². The second kappa shape index (κ2) is 4.78. The lowest BCUT2D eigenvalue weighted by Gasteiger charge is -2.18. The standard InChI is InChI=1S/C14H19N3S/c1-9(15)11-12(14(2,3)4)17-13(18-11)10-7-5-6-8-16-10/h5-9H,15H2,1-4H3. The Morgan fingerprint density at radius 1 is 1.28 bits per heavy atom. The van der Waals surface area contributed by atoms with Crippen molar-refractivity contribution in [2.45, 2.75) is 39.2 Å². The Morgan fingerprint density at radius 2 is 2.00 bits per heavy atom. The predicted molar refractivity (Wildman–Crippen MR) is 76.6 cm³/mol. The van der Waals surface area contributed by atoms with Crippen LogP contribution in [0.2, 0.25) is 0 Å². The summed E-state index contributed by atoms with van der Waals surface area (Å²) < 4.78 is 0. The van der Waals surface area contributed by atoms with E-state index in [1.165, 1.54) is 0 Å². The van der Waals surface area contributed by atoms with E-state index in [4.69, 9.17) is 10.7 Å². The van der Waals surface area contributed by atoms with Crippen molar-refractivity contribution in [3.05, 3.63) is 35.0 Å². The second-order valence-electron chi connectivity index (χ2n) is 5.49. The number of nitrogens with two attached hydrogens (primary N) is 1. The van der Waals surface area contributed by atoms with E-state index in [0.717, 1.165) is 21.3 Å². The van der Waals surface area contributed by atoms with Crippen molar-refractivity contribution < 1.29 is 0 Å². The summed E-state index contributed by atoms with van der Waals surface area (Å²) in [5, 5.41) is 0.952. The molecule has 2 heterocycles. The average Bonchev–Trinajstić information content (AvgIpc) is 2.74. The second-order valence-corrected chi connectivity index (χ2v) is 6.52. The molecule has 0 aliphatic rings. The Hall–Kier alpha value is -1.26. The molecule has 2 aromatic heterocycles. The number of rotatable bonds is 2. The molecule has 0 bridgehead atoms. The zero-order valence-corrected chi connectivity index (χ0v) is 12.1. The van der Waals surface area contributed by atoms with Gasteiger partial charge in [0.15, 0.2) is 0 Å². The van der Waals surface area contributed by atoms with Crippen LogP contribution in [0.4, 0.5) is 0 Å². The maximum Gasteiger partial charge on any atom is 0.142 e. The molecular formula is C14H19N3S. The van der Waals surface area contributed by atoms with E-state index < -0.39 is 0 Å². The van der Waals surface area contributed by atoms with E-state index in [1.807, 2.05) is 25.1 Å². The van der Waals surface area contributed by atoms with Gasteiger partial charge in [-0.2, -0.15) is 0 Å². The molecule has 1 unspecified atom stereocenters. The molecule has 0 amide bonds. The van der Waals surface area contributed by atoms with Crippen molar-refractivity contribution >= 4 is 11.3 Å². The normalized spacial score (nSPS) is 13.6. The van der Waals surface area contributed by atoms with Crippen LogP contribution in [0, 0.1) is 0 Å². The molecule has 4 heteroatoms. The summed E-state index contributed by atoms with van der Waals surface area (Å²) >= 11 is 1.65. The number of pyridine rings is 1. The molecule has 1 atom stereocenters. The van der Waals surface area contributed by atoms with Crippen molar-refractivity contribution in [1.82, 2.24) is 9.97 Å². The molecular weight excluding hydrogens is 242 g/mol. The van der Waals surface area contributed by atoms with Gasteiger partial charge in [0, 0.05) is 22.5 Å².